The summed E-state index contributed by atoms with van der Waals surface area (Å²) in [6.45, 7) is 2.62. The van der Waals surface area contributed by atoms with Crippen LogP contribution in [0.25, 0.3) is 0 Å². The lowest BCUT2D eigenvalue weighted by Gasteiger charge is -2.27. The van der Waals surface area contributed by atoms with Crippen LogP contribution in [-0.2, 0) is 6.54 Å². The molecule has 0 spiro atoms. The largest absolute Gasteiger partial charge is 0.468 e. The molecule has 15 heavy (non-hydrogen) atoms. The summed E-state index contributed by atoms with van der Waals surface area (Å²) in [7, 11) is 0. The minimum atomic E-state index is 0.721. The topological polar surface area (TPSA) is 42.4 Å². The molecule has 1 aromatic rings. The summed E-state index contributed by atoms with van der Waals surface area (Å²) in [5.74, 6) is 1.05. The molecule has 3 heteroatoms. The average Bonchev–Trinajstić information content (AvgIpc) is 2.89. The highest BCUT2D eigenvalue weighted by Crippen LogP contribution is 2.24. The SMILES string of the molecule is NCCN(Cc1ccco1)C1CCCC1. The lowest BCUT2D eigenvalue weighted by Crippen LogP contribution is -2.36. The fourth-order valence-electron chi connectivity index (χ4n) is 2.43. The fraction of sp³-hybridized carbons (Fsp3) is 0.667. The fourth-order valence-corrected chi connectivity index (χ4v) is 2.43. The van der Waals surface area contributed by atoms with Gasteiger partial charge in [0.1, 0.15) is 5.76 Å². The van der Waals surface area contributed by atoms with E-state index in [1.165, 1.54) is 25.7 Å². The second-order valence-electron chi connectivity index (χ2n) is 4.28. The van der Waals surface area contributed by atoms with Crippen molar-refractivity contribution in [3.8, 4) is 0 Å². The highest BCUT2D eigenvalue weighted by molar-refractivity contribution is 4.98. The van der Waals surface area contributed by atoms with Gasteiger partial charge in [-0.3, -0.25) is 4.90 Å². The third-order valence-electron chi connectivity index (χ3n) is 3.20. The number of nitrogens with zero attached hydrogens (tertiary/aromatic N) is 1. The van der Waals surface area contributed by atoms with Crippen LogP contribution in [0, 0.1) is 0 Å². The van der Waals surface area contributed by atoms with Crippen LogP contribution in [0.2, 0.25) is 0 Å². The van der Waals surface area contributed by atoms with Crippen molar-refractivity contribution in [2.75, 3.05) is 13.1 Å². The summed E-state index contributed by atoms with van der Waals surface area (Å²) >= 11 is 0. The highest BCUT2D eigenvalue weighted by atomic mass is 16.3. The zero-order valence-corrected chi connectivity index (χ0v) is 9.19. The Hall–Kier alpha value is -0.800. The molecule has 2 N–H and O–H groups in total. The molecule has 0 aliphatic heterocycles. The van der Waals surface area contributed by atoms with Crippen molar-refractivity contribution >= 4 is 0 Å². The van der Waals surface area contributed by atoms with Gasteiger partial charge >= 0.3 is 0 Å². The van der Waals surface area contributed by atoms with Crippen molar-refractivity contribution in [3.63, 3.8) is 0 Å². The molecule has 1 aliphatic rings. The summed E-state index contributed by atoms with van der Waals surface area (Å²) in [5.41, 5.74) is 5.65. The predicted octanol–water partition coefficient (Wildman–Crippen LogP) is 1.98. The van der Waals surface area contributed by atoms with Crippen LogP contribution in [0.15, 0.2) is 22.8 Å². The number of furan rings is 1. The Morgan fingerprint density at radius 2 is 2.20 bits per heavy atom. The first-order chi connectivity index (χ1) is 7.40. The minimum Gasteiger partial charge on any atom is -0.468 e. The van der Waals surface area contributed by atoms with E-state index in [0.29, 0.717) is 0 Å². The molecular formula is C12H20N2O. The van der Waals surface area contributed by atoms with Gasteiger partial charge in [0.15, 0.2) is 0 Å². The number of hydrogen-bond donors (Lipinski definition) is 1. The molecule has 0 saturated heterocycles. The van der Waals surface area contributed by atoms with E-state index in [1.54, 1.807) is 6.26 Å². The van der Waals surface area contributed by atoms with Crippen LogP contribution in [0.1, 0.15) is 31.4 Å². The molecular weight excluding hydrogens is 188 g/mol. The molecule has 1 aliphatic carbocycles. The smallest absolute Gasteiger partial charge is 0.117 e. The van der Waals surface area contributed by atoms with Crippen LogP contribution in [0.5, 0.6) is 0 Å². The van der Waals surface area contributed by atoms with E-state index in [4.69, 9.17) is 10.2 Å². The first kappa shape index (κ1) is 10.7. The van der Waals surface area contributed by atoms with Gasteiger partial charge in [0.05, 0.1) is 12.8 Å². The van der Waals surface area contributed by atoms with Crippen LogP contribution in [0.3, 0.4) is 0 Å². The monoisotopic (exact) mass is 208 g/mol. The van der Waals surface area contributed by atoms with E-state index in [9.17, 15) is 0 Å². The summed E-state index contributed by atoms with van der Waals surface area (Å²) in [6.07, 6.45) is 7.11. The van der Waals surface area contributed by atoms with E-state index in [1.807, 2.05) is 12.1 Å². The van der Waals surface area contributed by atoms with Gasteiger partial charge < -0.3 is 10.2 Å². The van der Waals surface area contributed by atoms with Gasteiger partial charge in [-0.05, 0) is 25.0 Å². The highest BCUT2D eigenvalue weighted by Gasteiger charge is 2.22. The van der Waals surface area contributed by atoms with Crippen LogP contribution in [-0.4, -0.2) is 24.0 Å². The molecule has 0 aromatic carbocycles. The van der Waals surface area contributed by atoms with Gasteiger partial charge in [0.25, 0.3) is 0 Å². The Labute approximate surface area is 91.2 Å². The summed E-state index contributed by atoms with van der Waals surface area (Å²) < 4.78 is 5.39. The Bertz CT molecular complexity index is 265. The molecule has 1 aromatic heterocycles. The number of hydrogen-bond acceptors (Lipinski definition) is 3. The molecule has 1 fully saturated rings. The lowest BCUT2D eigenvalue weighted by molar-refractivity contribution is 0.181. The first-order valence-electron chi connectivity index (χ1n) is 5.86. The van der Waals surface area contributed by atoms with E-state index in [-0.39, 0.29) is 0 Å². The maximum absolute atomic E-state index is 5.65. The Morgan fingerprint density at radius 3 is 2.80 bits per heavy atom. The van der Waals surface area contributed by atoms with Gasteiger partial charge in [0.2, 0.25) is 0 Å². The second kappa shape index (κ2) is 5.33. The zero-order chi connectivity index (χ0) is 10.5. The summed E-state index contributed by atoms with van der Waals surface area (Å²) in [4.78, 5) is 2.46. The van der Waals surface area contributed by atoms with Gasteiger partial charge in [-0.2, -0.15) is 0 Å². The van der Waals surface area contributed by atoms with E-state index in [2.05, 4.69) is 4.90 Å². The van der Waals surface area contributed by atoms with Gasteiger partial charge in [-0.15, -0.1) is 0 Å². The quantitative estimate of drug-likeness (QED) is 0.804. The predicted molar refractivity (Wildman–Crippen MR) is 60.4 cm³/mol. The molecule has 84 valence electrons. The van der Waals surface area contributed by atoms with Gasteiger partial charge in [0, 0.05) is 19.1 Å². The van der Waals surface area contributed by atoms with Crippen molar-refractivity contribution in [2.45, 2.75) is 38.3 Å². The standard InChI is InChI=1S/C12H20N2O/c13-7-8-14(11-4-1-2-5-11)10-12-6-3-9-15-12/h3,6,9,11H,1-2,4-5,7-8,10,13H2. The normalized spacial score (nSPS) is 17.7. The minimum absolute atomic E-state index is 0.721. The van der Waals surface area contributed by atoms with Crippen molar-refractivity contribution in [1.29, 1.82) is 0 Å². The molecule has 2 rings (SSSR count). The summed E-state index contributed by atoms with van der Waals surface area (Å²) in [5, 5.41) is 0. The maximum atomic E-state index is 5.65. The van der Waals surface area contributed by atoms with Crippen molar-refractivity contribution in [2.24, 2.45) is 5.73 Å². The van der Waals surface area contributed by atoms with E-state index in [0.717, 1.165) is 31.4 Å². The molecule has 0 radical (unpaired) electrons. The molecule has 1 saturated carbocycles. The second-order valence-corrected chi connectivity index (χ2v) is 4.28. The van der Waals surface area contributed by atoms with E-state index >= 15 is 0 Å². The van der Waals surface area contributed by atoms with Crippen molar-refractivity contribution < 1.29 is 4.42 Å². The Morgan fingerprint density at radius 1 is 1.40 bits per heavy atom. The molecule has 0 atom stereocenters. The van der Waals surface area contributed by atoms with Gasteiger partial charge in [-0.1, -0.05) is 12.8 Å². The molecule has 0 unspecified atom stereocenters. The van der Waals surface area contributed by atoms with Crippen LogP contribution in [0.4, 0.5) is 0 Å². The Kier molecular flexibility index (Phi) is 3.80. The molecule has 1 heterocycles. The Balaban J connectivity index is 1.93. The van der Waals surface area contributed by atoms with Crippen LogP contribution < -0.4 is 5.73 Å². The van der Waals surface area contributed by atoms with Crippen molar-refractivity contribution in [3.05, 3.63) is 24.2 Å². The molecule has 0 amide bonds. The average molecular weight is 208 g/mol. The molecule has 0 bridgehead atoms. The maximum Gasteiger partial charge on any atom is 0.117 e. The molecule has 3 nitrogen and oxygen atoms in total. The number of nitrogens with two attached hydrogens (primary N) is 1. The zero-order valence-electron chi connectivity index (χ0n) is 9.19. The summed E-state index contributed by atoms with van der Waals surface area (Å²) in [6, 6.07) is 4.71. The van der Waals surface area contributed by atoms with Crippen molar-refractivity contribution in [1.82, 2.24) is 4.90 Å². The third-order valence-corrected chi connectivity index (χ3v) is 3.20. The third kappa shape index (κ3) is 2.83. The lowest BCUT2D eigenvalue weighted by atomic mass is 10.2. The van der Waals surface area contributed by atoms with Crippen LogP contribution >= 0.6 is 0 Å². The van der Waals surface area contributed by atoms with E-state index < -0.39 is 0 Å². The van der Waals surface area contributed by atoms with Gasteiger partial charge in [-0.25, -0.2) is 0 Å². The number of rotatable bonds is 5. The first-order valence-corrected chi connectivity index (χ1v) is 5.86.